The molecule has 0 aliphatic carbocycles. The number of hydrogen-bond donors (Lipinski definition) is 0. The lowest BCUT2D eigenvalue weighted by atomic mass is 10.2. The highest BCUT2D eigenvalue weighted by atomic mass is 79.9. The van der Waals surface area contributed by atoms with Crippen LogP contribution >= 0.6 is 15.9 Å². The van der Waals surface area contributed by atoms with Gasteiger partial charge in [0.25, 0.3) is 11.8 Å². The Hall–Kier alpha value is -2.21. The number of amides is 2. The van der Waals surface area contributed by atoms with Gasteiger partial charge in [0.1, 0.15) is 0 Å². The summed E-state index contributed by atoms with van der Waals surface area (Å²) in [6.45, 7) is 1.09. The van der Waals surface area contributed by atoms with Crippen LogP contribution in [0.1, 0.15) is 27.1 Å². The summed E-state index contributed by atoms with van der Waals surface area (Å²) < 4.78 is 0.912. The van der Waals surface area contributed by atoms with Gasteiger partial charge in [0.15, 0.2) is 0 Å². The first-order valence-electron chi connectivity index (χ1n) is 6.96. The zero-order valence-corrected chi connectivity index (χ0v) is 13.4. The van der Waals surface area contributed by atoms with Crippen molar-refractivity contribution in [1.82, 2.24) is 15.0 Å². The van der Waals surface area contributed by atoms with E-state index in [4.69, 9.17) is 0 Å². The molecule has 1 aliphatic heterocycles. The van der Waals surface area contributed by atoms with Gasteiger partial charge in [-0.2, -0.15) is 0 Å². The maximum absolute atomic E-state index is 12.6. The van der Waals surface area contributed by atoms with Crippen molar-refractivity contribution >= 4 is 27.7 Å². The van der Waals surface area contributed by atoms with Crippen LogP contribution < -0.4 is 0 Å². The molecule has 0 bridgehead atoms. The molecule has 2 amide bonds. The summed E-state index contributed by atoms with van der Waals surface area (Å²) in [6.07, 6.45) is 3.92. The number of halogens is 1. The van der Waals surface area contributed by atoms with E-state index in [0.29, 0.717) is 24.2 Å². The molecule has 2 aromatic rings. The molecular formula is C16H14BrN3O2. The average Bonchev–Trinajstić information content (AvgIpc) is 3.04. The first-order valence-corrected chi connectivity index (χ1v) is 7.75. The van der Waals surface area contributed by atoms with E-state index in [9.17, 15) is 9.59 Å². The SMILES string of the molecule is O=C(c1ccncc1)N1CCCN1C(=O)c1ccc(Br)cc1. The molecule has 0 N–H and O–H groups in total. The number of hydrazine groups is 1. The van der Waals surface area contributed by atoms with Gasteiger partial charge in [0.05, 0.1) is 0 Å². The fourth-order valence-corrected chi connectivity index (χ4v) is 2.68. The van der Waals surface area contributed by atoms with Gasteiger partial charge in [0, 0.05) is 41.1 Å². The smallest absolute Gasteiger partial charge is 0.267 e. The van der Waals surface area contributed by atoms with Crippen LogP contribution in [0.4, 0.5) is 0 Å². The topological polar surface area (TPSA) is 53.5 Å². The highest BCUT2D eigenvalue weighted by Gasteiger charge is 2.31. The standard InChI is InChI=1S/C16H14BrN3O2/c17-14-4-2-12(3-5-14)15(21)19-10-1-11-20(19)16(22)13-6-8-18-9-7-13/h2-9H,1,10-11H2. The number of nitrogens with zero attached hydrogens (tertiary/aromatic N) is 3. The molecule has 1 aliphatic rings. The number of pyridine rings is 1. The van der Waals surface area contributed by atoms with Crippen molar-refractivity contribution in [3.05, 3.63) is 64.4 Å². The fourth-order valence-electron chi connectivity index (χ4n) is 2.42. The number of carbonyl (C=O) groups is 2. The minimum Gasteiger partial charge on any atom is -0.267 e. The van der Waals surface area contributed by atoms with Gasteiger partial charge < -0.3 is 0 Å². The molecule has 0 atom stereocenters. The van der Waals surface area contributed by atoms with E-state index in [1.165, 1.54) is 10.0 Å². The van der Waals surface area contributed by atoms with Gasteiger partial charge in [-0.1, -0.05) is 15.9 Å². The molecule has 1 fully saturated rings. The Morgan fingerprint density at radius 1 is 0.864 bits per heavy atom. The molecule has 0 radical (unpaired) electrons. The van der Waals surface area contributed by atoms with Gasteiger partial charge >= 0.3 is 0 Å². The van der Waals surface area contributed by atoms with E-state index >= 15 is 0 Å². The predicted molar refractivity (Wildman–Crippen MR) is 85.1 cm³/mol. The Balaban J connectivity index is 1.82. The highest BCUT2D eigenvalue weighted by Crippen LogP contribution is 2.19. The summed E-state index contributed by atoms with van der Waals surface area (Å²) in [4.78, 5) is 29.1. The molecule has 0 spiro atoms. The van der Waals surface area contributed by atoms with Crippen LogP contribution in [0.3, 0.4) is 0 Å². The van der Waals surface area contributed by atoms with E-state index in [0.717, 1.165) is 10.9 Å². The summed E-state index contributed by atoms with van der Waals surface area (Å²) in [5, 5.41) is 3.03. The Kier molecular flexibility index (Phi) is 4.20. The normalized spacial score (nSPS) is 14.2. The van der Waals surface area contributed by atoms with Crippen LogP contribution in [0.5, 0.6) is 0 Å². The van der Waals surface area contributed by atoms with Crippen molar-refractivity contribution in [2.45, 2.75) is 6.42 Å². The minimum atomic E-state index is -0.176. The van der Waals surface area contributed by atoms with Crippen molar-refractivity contribution in [2.75, 3.05) is 13.1 Å². The minimum absolute atomic E-state index is 0.160. The third kappa shape index (κ3) is 2.87. The van der Waals surface area contributed by atoms with Crippen molar-refractivity contribution in [3.8, 4) is 0 Å². The van der Waals surface area contributed by atoms with Crippen LogP contribution in [0.25, 0.3) is 0 Å². The summed E-state index contributed by atoms with van der Waals surface area (Å²) in [5.74, 6) is -0.335. The Bertz CT molecular complexity index is 688. The zero-order chi connectivity index (χ0) is 15.5. The van der Waals surface area contributed by atoms with Crippen LogP contribution in [-0.4, -0.2) is 39.9 Å². The number of benzene rings is 1. The largest absolute Gasteiger partial charge is 0.272 e. The monoisotopic (exact) mass is 359 g/mol. The first kappa shape index (κ1) is 14.7. The van der Waals surface area contributed by atoms with Crippen molar-refractivity contribution in [3.63, 3.8) is 0 Å². The van der Waals surface area contributed by atoms with Crippen molar-refractivity contribution in [1.29, 1.82) is 0 Å². The van der Waals surface area contributed by atoms with Gasteiger partial charge in [-0.15, -0.1) is 0 Å². The molecule has 1 aromatic carbocycles. The lowest BCUT2D eigenvalue weighted by Crippen LogP contribution is -2.44. The molecule has 0 unspecified atom stereocenters. The number of rotatable bonds is 2. The molecule has 0 saturated carbocycles. The quantitative estimate of drug-likeness (QED) is 0.828. The molecule has 1 saturated heterocycles. The highest BCUT2D eigenvalue weighted by molar-refractivity contribution is 9.10. The van der Waals surface area contributed by atoms with E-state index < -0.39 is 0 Å². The molecule has 112 valence electrons. The average molecular weight is 360 g/mol. The Labute approximate surface area is 136 Å². The lowest BCUT2D eigenvalue weighted by molar-refractivity contribution is 0.0186. The number of carbonyl (C=O) groups excluding carboxylic acids is 2. The maximum atomic E-state index is 12.6. The van der Waals surface area contributed by atoms with Crippen LogP contribution in [0, 0.1) is 0 Å². The number of aromatic nitrogens is 1. The van der Waals surface area contributed by atoms with Crippen LogP contribution in [0.15, 0.2) is 53.3 Å². The molecule has 3 rings (SSSR count). The van der Waals surface area contributed by atoms with Gasteiger partial charge in [-0.05, 0) is 42.8 Å². The molecule has 5 nitrogen and oxygen atoms in total. The second kappa shape index (κ2) is 6.27. The van der Waals surface area contributed by atoms with Crippen LogP contribution in [-0.2, 0) is 0 Å². The summed E-state index contributed by atoms with van der Waals surface area (Å²) in [7, 11) is 0. The van der Waals surface area contributed by atoms with Gasteiger partial charge in [-0.3, -0.25) is 14.6 Å². The lowest BCUT2D eigenvalue weighted by Gasteiger charge is -2.28. The predicted octanol–water partition coefficient (Wildman–Crippen LogP) is 2.75. The van der Waals surface area contributed by atoms with E-state index in [1.807, 2.05) is 12.1 Å². The van der Waals surface area contributed by atoms with E-state index in [2.05, 4.69) is 20.9 Å². The third-order valence-corrected chi connectivity index (χ3v) is 4.05. The molecule has 1 aromatic heterocycles. The van der Waals surface area contributed by atoms with E-state index in [1.54, 1.807) is 36.7 Å². The molecule has 2 heterocycles. The van der Waals surface area contributed by atoms with Gasteiger partial charge in [0.2, 0.25) is 0 Å². The zero-order valence-electron chi connectivity index (χ0n) is 11.8. The fraction of sp³-hybridized carbons (Fsp3) is 0.188. The first-order chi connectivity index (χ1) is 10.7. The van der Waals surface area contributed by atoms with Crippen molar-refractivity contribution < 1.29 is 9.59 Å². The summed E-state index contributed by atoms with van der Waals surface area (Å²) in [6, 6.07) is 10.4. The molecule has 6 heteroatoms. The van der Waals surface area contributed by atoms with Crippen molar-refractivity contribution in [2.24, 2.45) is 0 Å². The summed E-state index contributed by atoms with van der Waals surface area (Å²) >= 11 is 3.35. The maximum Gasteiger partial charge on any atom is 0.272 e. The Morgan fingerprint density at radius 3 is 1.91 bits per heavy atom. The van der Waals surface area contributed by atoms with Crippen LogP contribution in [0.2, 0.25) is 0 Å². The second-order valence-electron chi connectivity index (χ2n) is 4.95. The van der Waals surface area contributed by atoms with Gasteiger partial charge in [-0.25, -0.2) is 10.0 Å². The Morgan fingerprint density at radius 2 is 1.36 bits per heavy atom. The van der Waals surface area contributed by atoms with E-state index in [-0.39, 0.29) is 11.8 Å². The number of hydrogen-bond acceptors (Lipinski definition) is 3. The third-order valence-electron chi connectivity index (χ3n) is 3.52. The molecular weight excluding hydrogens is 346 g/mol. The second-order valence-corrected chi connectivity index (χ2v) is 5.87. The summed E-state index contributed by atoms with van der Waals surface area (Å²) in [5.41, 5.74) is 1.10. The molecule has 22 heavy (non-hydrogen) atoms.